The highest BCUT2D eigenvalue weighted by molar-refractivity contribution is 4.91. The van der Waals surface area contributed by atoms with Gasteiger partial charge in [-0.2, -0.15) is 0 Å². The first-order valence-electron chi connectivity index (χ1n) is 6.93. The Labute approximate surface area is 100 Å². The molecule has 0 amide bonds. The molecular formula is C14H26O2. The van der Waals surface area contributed by atoms with Crippen LogP contribution in [-0.4, -0.2) is 6.61 Å². The summed E-state index contributed by atoms with van der Waals surface area (Å²) in [6, 6.07) is 0. The lowest BCUT2D eigenvalue weighted by Crippen LogP contribution is -1.89. The summed E-state index contributed by atoms with van der Waals surface area (Å²) in [7, 11) is 0. The van der Waals surface area contributed by atoms with Crippen LogP contribution in [-0.2, 0) is 9.47 Å². The maximum absolute atomic E-state index is 5.26. The second kappa shape index (κ2) is 9.56. The SMILES string of the molecule is CCCCCCCCCCCCOC1=CO1. The molecule has 0 aromatic carbocycles. The zero-order valence-corrected chi connectivity index (χ0v) is 10.7. The summed E-state index contributed by atoms with van der Waals surface area (Å²) in [5.74, 6) is 0.718. The minimum atomic E-state index is 0.718. The molecule has 94 valence electrons. The maximum atomic E-state index is 5.26. The van der Waals surface area contributed by atoms with E-state index in [1.807, 2.05) is 0 Å². The highest BCUT2D eigenvalue weighted by Gasteiger charge is 2.09. The van der Waals surface area contributed by atoms with Gasteiger partial charge in [-0.15, -0.1) is 0 Å². The molecule has 0 radical (unpaired) electrons. The molecule has 1 aliphatic rings. The normalized spacial score (nSPS) is 13.2. The van der Waals surface area contributed by atoms with Crippen LogP contribution in [0.4, 0.5) is 0 Å². The number of hydrogen-bond donors (Lipinski definition) is 0. The Hall–Kier alpha value is -0.660. The third-order valence-electron chi connectivity index (χ3n) is 2.96. The summed E-state index contributed by atoms with van der Waals surface area (Å²) in [5, 5.41) is 0. The van der Waals surface area contributed by atoms with E-state index in [2.05, 4.69) is 6.92 Å². The average molecular weight is 226 g/mol. The molecule has 1 aliphatic heterocycles. The van der Waals surface area contributed by atoms with Crippen molar-refractivity contribution in [3.63, 3.8) is 0 Å². The van der Waals surface area contributed by atoms with Crippen LogP contribution in [0.1, 0.15) is 71.1 Å². The van der Waals surface area contributed by atoms with Gasteiger partial charge in [-0.1, -0.05) is 64.7 Å². The van der Waals surface area contributed by atoms with Gasteiger partial charge in [0.05, 0.1) is 6.61 Å². The number of hydrogen-bond acceptors (Lipinski definition) is 2. The molecule has 0 spiro atoms. The van der Waals surface area contributed by atoms with Crippen LogP contribution in [0.3, 0.4) is 0 Å². The van der Waals surface area contributed by atoms with Crippen LogP contribution >= 0.6 is 0 Å². The van der Waals surface area contributed by atoms with Gasteiger partial charge in [-0.05, 0) is 6.42 Å². The number of rotatable bonds is 12. The van der Waals surface area contributed by atoms with Crippen LogP contribution in [0.15, 0.2) is 12.2 Å². The van der Waals surface area contributed by atoms with E-state index in [1.54, 1.807) is 6.26 Å². The number of ether oxygens (including phenoxy) is 2. The zero-order valence-electron chi connectivity index (χ0n) is 10.7. The Balaban J connectivity index is 1.63. The van der Waals surface area contributed by atoms with Gasteiger partial charge < -0.3 is 9.47 Å². The lowest BCUT2D eigenvalue weighted by atomic mass is 10.1. The van der Waals surface area contributed by atoms with Gasteiger partial charge in [0, 0.05) is 0 Å². The van der Waals surface area contributed by atoms with Crippen molar-refractivity contribution in [2.24, 2.45) is 0 Å². The molecule has 0 bridgehead atoms. The fourth-order valence-electron chi connectivity index (χ4n) is 1.85. The maximum Gasteiger partial charge on any atom is 0.321 e. The van der Waals surface area contributed by atoms with E-state index in [1.165, 1.54) is 57.8 Å². The summed E-state index contributed by atoms with van der Waals surface area (Å²) in [6.45, 7) is 3.09. The van der Waals surface area contributed by atoms with Crippen molar-refractivity contribution in [3.8, 4) is 0 Å². The van der Waals surface area contributed by atoms with E-state index in [9.17, 15) is 0 Å². The summed E-state index contributed by atoms with van der Waals surface area (Å²) < 4.78 is 10.0. The van der Waals surface area contributed by atoms with Crippen LogP contribution < -0.4 is 0 Å². The highest BCUT2D eigenvalue weighted by Crippen LogP contribution is 2.15. The van der Waals surface area contributed by atoms with Gasteiger partial charge >= 0.3 is 5.95 Å². The predicted octanol–water partition coefficient (Wildman–Crippen LogP) is 4.75. The molecule has 0 aromatic rings. The molecule has 0 fully saturated rings. The van der Waals surface area contributed by atoms with Gasteiger partial charge in [-0.3, -0.25) is 0 Å². The first-order chi connectivity index (χ1) is 7.93. The zero-order chi connectivity index (χ0) is 11.5. The molecule has 0 aliphatic carbocycles. The molecule has 0 saturated heterocycles. The minimum Gasteiger partial charge on any atom is -0.463 e. The molecule has 0 atom stereocenters. The van der Waals surface area contributed by atoms with Crippen LogP contribution in [0.2, 0.25) is 0 Å². The Morgan fingerprint density at radius 1 is 0.875 bits per heavy atom. The van der Waals surface area contributed by atoms with Gasteiger partial charge in [-0.25, -0.2) is 0 Å². The van der Waals surface area contributed by atoms with Crippen molar-refractivity contribution in [2.45, 2.75) is 71.1 Å². The first-order valence-corrected chi connectivity index (χ1v) is 6.93. The van der Waals surface area contributed by atoms with Gasteiger partial charge in [0.1, 0.15) is 0 Å². The Kier molecular flexibility index (Phi) is 8.01. The van der Waals surface area contributed by atoms with Crippen molar-refractivity contribution >= 4 is 0 Å². The molecular weight excluding hydrogens is 200 g/mol. The smallest absolute Gasteiger partial charge is 0.321 e. The van der Waals surface area contributed by atoms with Gasteiger partial charge in [0.15, 0.2) is 6.26 Å². The Morgan fingerprint density at radius 3 is 1.88 bits per heavy atom. The standard InChI is InChI=1S/C14H26O2/c1-2-3-4-5-6-7-8-9-10-11-12-15-14-13-16-14/h13H,2-12H2,1H3. The van der Waals surface area contributed by atoms with Crippen molar-refractivity contribution in [3.05, 3.63) is 12.2 Å². The lowest BCUT2D eigenvalue weighted by molar-refractivity contribution is 0.150. The average Bonchev–Trinajstić information content (AvgIpc) is 3.10. The van der Waals surface area contributed by atoms with Gasteiger partial charge in [0.25, 0.3) is 0 Å². The van der Waals surface area contributed by atoms with Crippen molar-refractivity contribution < 1.29 is 9.47 Å². The fourth-order valence-corrected chi connectivity index (χ4v) is 1.85. The lowest BCUT2D eigenvalue weighted by Gasteiger charge is -2.02. The second-order valence-corrected chi connectivity index (χ2v) is 4.59. The summed E-state index contributed by atoms with van der Waals surface area (Å²) in [4.78, 5) is 0. The summed E-state index contributed by atoms with van der Waals surface area (Å²) in [6.07, 6.45) is 15.3. The topological polar surface area (TPSA) is 21.8 Å². The minimum absolute atomic E-state index is 0.718. The van der Waals surface area contributed by atoms with Crippen LogP contribution in [0, 0.1) is 0 Å². The quantitative estimate of drug-likeness (QED) is 0.448. The molecule has 16 heavy (non-hydrogen) atoms. The van der Waals surface area contributed by atoms with Crippen molar-refractivity contribution in [1.29, 1.82) is 0 Å². The molecule has 1 rings (SSSR count). The van der Waals surface area contributed by atoms with E-state index in [0.29, 0.717) is 0 Å². The van der Waals surface area contributed by atoms with Gasteiger partial charge in [0.2, 0.25) is 0 Å². The predicted molar refractivity (Wildman–Crippen MR) is 67.0 cm³/mol. The molecule has 2 nitrogen and oxygen atoms in total. The molecule has 0 aromatic heterocycles. The summed E-state index contributed by atoms with van der Waals surface area (Å²) in [5.41, 5.74) is 0. The van der Waals surface area contributed by atoms with Crippen molar-refractivity contribution in [1.82, 2.24) is 0 Å². The van der Waals surface area contributed by atoms with Crippen molar-refractivity contribution in [2.75, 3.05) is 6.61 Å². The van der Waals surface area contributed by atoms with E-state index in [4.69, 9.17) is 9.47 Å². The fraction of sp³-hybridized carbons (Fsp3) is 0.857. The monoisotopic (exact) mass is 226 g/mol. The summed E-state index contributed by atoms with van der Waals surface area (Å²) >= 11 is 0. The largest absolute Gasteiger partial charge is 0.463 e. The van der Waals surface area contributed by atoms with Crippen LogP contribution in [0.25, 0.3) is 0 Å². The Morgan fingerprint density at radius 2 is 1.38 bits per heavy atom. The molecule has 1 heterocycles. The second-order valence-electron chi connectivity index (χ2n) is 4.59. The van der Waals surface area contributed by atoms with E-state index in [-0.39, 0.29) is 0 Å². The van der Waals surface area contributed by atoms with E-state index in [0.717, 1.165) is 19.0 Å². The van der Waals surface area contributed by atoms with E-state index >= 15 is 0 Å². The number of unbranched alkanes of at least 4 members (excludes halogenated alkanes) is 9. The third-order valence-corrected chi connectivity index (χ3v) is 2.96. The molecule has 0 saturated carbocycles. The molecule has 0 unspecified atom stereocenters. The third kappa shape index (κ3) is 8.63. The molecule has 2 heteroatoms. The van der Waals surface area contributed by atoms with Crippen LogP contribution in [0.5, 0.6) is 0 Å². The molecule has 0 N–H and O–H groups in total. The first kappa shape index (κ1) is 13.4. The van der Waals surface area contributed by atoms with E-state index < -0.39 is 0 Å². The Bertz CT molecular complexity index is 187. The highest BCUT2D eigenvalue weighted by atomic mass is 16.7.